The molecule has 0 radical (unpaired) electrons. The van der Waals surface area contributed by atoms with Crippen LogP contribution in [0, 0.1) is 19.7 Å². The van der Waals surface area contributed by atoms with Gasteiger partial charge in [-0.25, -0.2) is 4.39 Å². The first kappa shape index (κ1) is 19.9. The predicted octanol–water partition coefficient (Wildman–Crippen LogP) is 7.16. The van der Waals surface area contributed by atoms with E-state index in [4.69, 9.17) is 4.74 Å². The Morgan fingerprint density at radius 2 is 1.63 bits per heavy atom. The quantitative estimate of drug-likeness (QED) is 0.394. The summed E-state index contributed by atoms with van der Waals surface area (Å²) in [5, 5.41) is 3.48. The van der Waals surface area contributed by atoms with Crippen molar-refractivity contribution < 1.29 is 9.13 Å². The van der Waals surface area contributed by atoms with E-state index >= 15 is 0 Å². The number of halogens is 3. The molecule has 5 heteroatoms. The Bertz CT molecular complexity index is 936. The molecular weight excluding hydrogens is 473 g/mol. The molecule has 0 aromatic heterocycles. The van der Waals surface area contributed by atoms with Gasteiger partial charge >= 0.3 is 0 Å². The molecule has 0 aliphatic heterocycles. The van der Waals surface area contributed by atoms with E-state index in [-0.39, 0.29) is 5.82 Å². The van der Waals surface area contributed by atoms with Crippen LogP contribution in [0.5, 0.6) is 5.75 Å². The Balaban J connectivity index is 1.70. The van der Waals surface area contributed by atoms with E-state index in [9.17, 15) is 4.39 Å². The molecule has 3 aromatic carbocycles. The minimum Gasteiger partial charge on any atom is -0.487 e. The molecule has 140 valence electrons. The summed E-state index contributed by atoms with van der Waals surface area (Å²) in [6.45, 7) is 5.23. The van der Waals surface area contributed by atoms with Gasteiger partial charge in [0.1, 0.15) is 18.2 Å². The molecule has 2 nitrogen and oxygen atoms in total. The lowest BCUT2D eigenvalue weighted by Gasteiger charge is -2.15. The van der Waals surface area contributed by atoms with E-state index in [0.29, 0.717) is 18.9 Å². The van der Waals surface area contributed by atoms with Crippen LogP contribution in [-0.4, -0.2) is 0 Å². The summed E-state index contributed by atoms with van der Waals surface area (Å²) in [4.78, 5) is 0. The second-order valence-corrected chi connectivity index (χ2v) is 8.12. The van der Waals surface area contributed by atoms with E-state index in [1.54, 1.807) is 6.07 Å². The first-order chi connectivity index (χ1) is 12.9. The Morgan fingerprint density at radius 3 is 2.33 bits per heavy atom. The highest BCUT2D eigenvalue weighted by atomic mass is 79.9. The monoisotopic (exact) mass is 491 g/mol. The molecule has 0 saturated carbocycles. The van der Waals surface area contributed by atoms with Crippen molar-refractivity contribution in [1.82, 2.24) is 0 Å². The molecule has 3 rings (SSSR count). The molecule has 0 unspecified atom stereocenters. The highest BCUT2D eigenvalue weighted by molar-refractivity contribution is 9.11. The van der Waals surface area contributed by atoms with Gasteiger partial charge < -0.3 is 10.1 Å². The fourth-order valence-corrected chi connectivity index (χ4v) is 4.28. The number of hydrogen-bond donors (Lipinski definition) is 1. The minimum absolute atomic E-state index is 0.262. The first-order valence-corrected chi connectivity index (χ1v) is 10.2. The molecule has 1 N–H and O–H groups in total. The number of aryl methyl sites for hydroxylation is 1. The number of hydrogen-bond acceptors (Lipinski definition) is 2. The van der Waals surface area contributed by atoms with Gasteiger partial charge in [0.25, 0.3) is 0 Å². The molecule has 0 heterocycles. The van der Waals surface area contributed by atoms with Crippen molar-refractivity contribution in [2.24, 2.45) is 0 Å². The molecule has 3 aromatic rings. The van der Waals surface area contributed by atoms with Crippen LogP contribution in [0.4, 0.5) is 10.1 Å². The molecular formula is C22H20Br2FNO. The normalized spacial score (nSPS) is 10.7. The molecule has 0 aliphatic carbocycles. The summed E-state index contributed by atoms with van der Waals surface area (Å²) in [6.07, 6.45) is 0. The summed E-state index contributed by atoms with van der Waals surface area (Å²) < 4.78 is 20.9. The average molecular weight is 493 g/mol. The zero-order chi connectivity index (χ0) is 19.4. The van der Waals surface area contributed by atoms with Crippen molar-refractivity contribution in [2.75, 3.05) is 5.32 Å². The smallest absolute Gasteiger partial charge is 0.148 e. The van der Waals surface area contributed by atoms with Crippen molar-refractivity contribution >= 4 is 37.5 Å². The molecule has 0 atom stereocenters. The van der Waals surface area contributed by atoms with Crippen LogP contribution >= 0.6 is 31.9 Å². The average Bonchev–Trinajstić information content (AvgIpc) is 2.62. The third-order valence-corrected chi connectivity index (χ3v) is 5.60. The van der Waals surface area contributed by atoms with Crippen LogP contribution in [0.15, 0.2) is 63.5 Å². The van der Waals surface area contributed by atoms with E-state index < -0.39 is 0 Å². The highest BCUT2D eigenvalue weighted by Gasteiger charge is 2.10. The van der Waals surface area contributed by atoms with Crippen molar-refractivity contribution in [1.29, 1.82) is 0 Å². The molecule has 0 bridgehead atoms. The van der Waals surface area contributed by atoms with E-state index in [0.717, 1.165) is 25.8 Å². The predicted molar refractivity (Wildman–Crippen MR) is 116 cm³/mol. The van der Waals surface area contributed by atoms with Crippen molar-refractivity contribution in [2.45, 2.75) is 27.0 Å². The number of anilines is 1. The van der Waals surface area contributed by atoms with Crippen molar-refractivity contribution in [3.8, 4) is 5.75 Å². The number of ether oxygens (including phenoxy) is 1. The molecule has 0 saturated heterocycles. The maximum absolute atomic E-state index is 13.3. The van der Waals surface area contributed by atoms with E-state index in [2.05, 4.69) is 69.2 Å². The molecule has 0 fully saturated rings. The summed E-state index contributed by atoms with van der Waals surface area (Å²) in [5.41, 5.74) is 5.56. The lowest BCUT2D eigenvalue weighted by atomic mass is 10.1. The van der Waals surface area contributed by atoms with Gasteiger partial charge in [-0.2, -0.15) is 0 Å². The SMILES string of the molecule is Cc1cccc(NCc2cc(Br)c(OCc3cccc(F)c3)c(Br)c2)c1C. The Kier molecular flexibility index (Phi) is 6.55. The second kappa shape index (κ2) is 8.89. The van der Waals surface area contributed by atoms with Gasteiger partial charge in [0.05, 0.1) is 8.95 Å². The first-order valence-electron chi connectivity index (χ1n) is 8.59. The van der Waals surface area contributed by atoms with Crippen molar-refractivity contribution in [3.05, 3.63) is 91.6 Å². The minimum atomic E-state index is -0.262. The number of rotatable bonds is 6. The van der Waals surface area contributed by atoms with Gasteiger partial charge in [-0.3, -0.25) is 0 Å². The Labute approximate surface area is 176 Å². The summed E-state index contributed by atoms with van der Waals surface area (Å²) in [5.74, 6) is 0.442. The lowest BCUT2D eigenvalue weighted by Crippen LogP contribution is -2.03. The molecule has 27 heavy (non-hydrogen) atoms. The number of nitrogens with one attached hydrogen (secondary N) is 1. The van der Waals surface area contributed by atoms with E-state index in [1.807, 2.05) is 18.2 Å². The fourth-order valence-electron chi connectivity index (χ4n) is 2.77. The molecule has 0 aliphatic rings. The van der Waals surface area contributed by atoms with Crippen LogP contribution in [0.1, 0.15) is 22.3 Å². The van der Waals surface area contributed by atoms with Gasteiger partial charge in [0, 0.05) is 12.2 Å². The van der Waals surface area contributed by atoms with Crippen LogP contribution in [0.3, 0.4) is 0 Å². The van der Waals surface area contributed by atoms with Crippen LogP contribution in [-0.2, 0) is 13.2 Å². The Morgan fingerprint density at radius 1 is 0.926 bits per heavy atom. The topological polar surface area (TPSA) is 21.3 Å². The Hall–Kier alpha value is -1.85. The largest absolute Gasteiger partial charge is 0.487 e. The van der Waals surface area contributed by atoms with Gasteiger partial charge in [-0.15, -0.1) is 0 Å². The van der Waals surface area contributed by atoms with Gasteiger partial charge in [0.15, 0.2) is 0 Å². The van der Waals surface area contributed by atoms with Crippen molar-refractivity contribution in [3.63, 3.8) is 0 Å². The lowest BCUT2D eigenvalue weighted by molar-refractivity contribution is 0.301. The zero-order valence-electron chi connectivity index (χ0n) is 15.2. The third kappa shape index (κ3) is 5.11. The zero-order valence-corrected chi connectivity index (χ0v) is 18.3. The maximum Gasteiger partial charge on any atom is 0.148 e. The van der Waals surface area contributed by atoms with Gasteiger partial charge in [0.2, 0.25) is 0 Å². The highest BCUT2D eigenvalue weighted by Crippen LogP contribution is 2.35. The summed E-state index contributed by atoms with van der Waals surface area (Å²) in [6, 6.07) is 16.7. The number of benzene rings is 3. The molecule has 0 amide bonds. The van der Waals surface area contributed by atoms with Crippen LogP contribution in [0.25, 0.3) is 0 Å². The summed E-state index contributed by atoms with van der Waals surface area (Å²) >= 11 is 7.16. The summed E-state index contributed by atoms with van der Waals surface area (Å²) in [7, 11) is 0. The molecule has 0 spiro atoms. The third-order valence-electron chi connectivity index (χ3n) is 4.42. The van der Waals surface area contributed by atoms with Crippen LogP contribution in [0.2, 0.25) is 0 Å². The van der Waals surface area contributed by atoms with Crippen LogP contribution < -0.4 is 10.1 Å². The van der Waals surface area contributed by atoms with Gasteiger partial charge in [-0.1, -0.05) is 24.3 Å². The maximum atomic E-state index is 13.3. The van der Waals surface area contributed by atoms with E-state index in [1.165, 1.54) is 23.3 Å². The fraction of sp³-hybridized carbons (Fsp3) is 0.182. The second-order valence-electron chi connectivity index (χ2n) is 6.41. The van der Waals surface area contributed by atoms with Gasteiger partial charge in [-0.05, 0) is 98.3 Å². The standard InChI is InChI=1S/C22H20Br2FNO/c1-14-5-3-8-21(15(14)2)26-12-17-10-19(23)22(20(24)11-17)27-13-16-6-4-7-18(25)9-16/h3-11,26H,12-13H2,1-2H3.